The number of amides is 1. The molecule has 146 valence electrons. The van der Waals surface area contributed by atoms with E-state index in [1.807, 2.05) is 55.5 Å². The third-order valence-electron chi connectivity index (χ3n) is 4.69. The molecule has 27 heavy (non-hydrogen) atoms. The van der Waals surface area contributed by atoms with Gasteiger partial charge >= 0.3 is 0 Å². The molecule has 0 unspecified atom stereocenters. The Kier molecular flexibility index (Phi) is 9.47. The number of hydrogen-bond donors (Lipinski definition) is 1. The summed E-state index contributed by atoms with van der Waals surface area (Å²) < 4.78 is 5.80. The summed E-state index contributed by atoms with van der Waals surface area (Å²) in [7, 11) is 0. The van der Waals surface area contributed by atoms with E-state index < -0.39 is 0 Å². The molecule has 0 aliphatic heterocycles. The fourth-order valence-electron chi connectivity index (χ4n) is 2.97. The number of carbonyl (C=O) groups excluding carboxylic acids is 1. The van der Waals surface area contributed by atoms with Gasteiger partial charge in [0.1, 0.15) is 5.75 Å². The van der Waals surface area contributed by atoms with Crippen molar-refractivity contribution in [2.24, 2.45) is 0 Å². The highest BCUT2D eigenvalue weighted by Crippen LogP contribution is 2.17. The number of unbranched alkanes of at least 4 members (excludes halogenated alkanes) is 7. The van der Waals surface area contributed by atoms with Gasteiger partial charge in [0.2, 0.25) is 0 Å². The van der Waals surface area contributed by atoms with Crippen molar-refractivity contribution >= 4 is 11.6 Å². The Balaban J connectivity index is 1.63. The topological polar surface area (TPSA) is 38.3 Å². The van der Waals surface area contributed by atoms with Crippen molar-refractivity contribution in [3.63, 3.8) is 0 Å². The lowest BCUT2D eigenvalue weighted by Gasteiger charge is -2.09. The van der Waals surface area contributed by atoms with E-state index in [9.17, 15) is 4.79 Å². The lowest BCUT2D eigenvalue weighted by atomic mass is 10.1. The molecule has 0 aliphatic carbocycles. The average Bonchev–Trinajstić information content (AvgIpc) is 2.68. The minimum atomic E-state index is -0.0948. The maximum absolute atomic E-state index is 12.2. The fourth-order valence-corrected chi connectivity index (χ4v) is 2.97. The van der Waals surface area contributed by atoms with Crippen LogP contribution in [0, 0.1) is 6.92 Å². The SMILES string of the molecule is CCCCCCCCCCOc1ccc(NC(=O)c2ccc(C)cc2)cc1. The van der Waals surface area contributed by atoms with Gasteiger partial charge < -0.3 is 10.1 Å². The maximum Gasteiger partial charge on any atom is 0.255 e. The van der Waals surface area contributed by atoms with Gasteiger partial charge in [0.25, 0.3) is 5.91 Å². The first-order chi connectivity index (χ1) is 13.2. The second kappa shape index (κ2) is 12.2. The molecule has 0 heterocycles. The molecule has 0 aliphatic rings. The summed E-state index contributed by atoms with van der Waals surface area (Å²) in [6.45, 7) is 5.01. The van der Waals surface area contributed by atoms with Crippen molar-refractivity contribution in [3.05, 3.63) is 59.7 Å². The quantitative estimate of drug-likeness (QED) is 0.420. The van der Waals surface area contributed by atoms with Crippen LogP contribution >= 0.6 is 0 Å². The molecule has 2 aromatic carbocycles. The number of rotatable bonds is 12. The van der Waals surface area contributed by atoms with Crippen molar-refractivity contribution in [2.45, 2.75) is 65.2 Å². The second-order valence-electron chi connectivity index (χ2n) is 7.17. The highest BCUT2D eigenvalue weighted by molar-refractivity contribution is 6.04. The molecule has 1 N–H and O–H groups in total. The third kappa shape index (κ3) is 8.29. The van der Waals surface area contributed by atoms with Crippen molar-refractivity contribution in [1.29, 1.82) is 0 Å². The van der Waals surface area contributed by atoms with Crippen LogP contribution in [0.3, 0.4) is 0 Å². The number of anilines is 1. The van der Waals surface area contributed by atoms with E-state index in [1.54, 1.807) is 0 Å². The largest absolute Gasteiger partial charge is 0.494 e. The van der Waals surface area contributed by atoms with Gasteiger partial charge in [0.15, 0.2) is 0 Å². The number of nitrogens with one attached hydrogen (secondary N) is 1. The molecule has 0 saturated heterocycles. The standard InChI is InChI=1S/C24H33NO2/c1-3-4-5-6-7-8-9-10-19-27-23-17-15-22(16-18-23)25-24(26)21-13-11-20(2)12-14-21/h11-18H,3-10,19H2,1-2H3,(H,25,26). The van der Waals surface area contributed by atoms with Crippen LogP contribution < -0.4 is 10.1 Å². The minimum Gasteiger partial charge on any atom is -0.494 e. The summed E-state index contributed by atoms with van der Waals surface area (Å²) in [5.74, 6) is 0.758. The van der Waals surface area contributed by atoms with Crippen LogP contribution in [0.2, 0.25) is 0 Å². The van der Waals surface area contributed by atoms with Crippen LogP contribution in [0.25, 0.3) is 0 Å². The van der Waals surface area contributed by atoms with E-state index >= 15 is 0 Å². The van der Waals surface area contributed by atoms with Crippen LogP contribution in [-0.4, -0.2) is 12.5 Å². The van der Waals surface area contributed by atoms with E-state index in [2.05, 4.69) is 12.2 Å². The first-order valence-corrected chi connectivity index (χ1v) is 10.3. The van der Waals surface area contributed by atoms with Gasteiger partial charge in [0.05, 0.1) is 6.61 Å². The third-order valence-corrected chi connectivity index (χ3v) is 4.69. The summed E-state index contributed by atoms with van der Waals surface area (Å²) in [4.78, 5) is 12.2. The summed E-state index contributed by atoms with van der Waals surface area (Å²) >= 11 is 0. The predicted octanol–water partition coefficient (Wildman–Crippen LogP) is 6.77. The van der Waals surface area contributed by atoms with Gasteiger partial charge in [-0.3, -0.25) is 4.79 Å². The Morgan fingerprint density at radius 3 is 2.04 bits per heavy atom. The lowest BCUT2D eigenvalue weighted by Crippen LogP contribution is -2.11. The lowest BCUT2D eigenvalue weighted by molar-refractivity contribution is 0.102. The monoisotopic (exact) mass is 367 g/mol. The molecular weight excluding hydrogens is 334 g/mol. The number of benzene rings is 2. The van der Waals surface area contributed by atoms with Gasteiger partial charge in [0, 0.05) is 11.3 Å². The van der Waals surface area contributed by atoms with Gasteiger partial charge in [-0.2, -0.15) is 0 Å². The van der Waals surface area contributed by atoms with E-state index in [0.717, 1.165) is 30.0 Å². The number of hydrogen-bond acceptors (Lipinski definition) is 2. The van der Waals surface area contributed by atoms with E-state index in [4.69, 9.17) is 4.74 Å². The molecule has 0 bridgehead atoms. The summed E-state index contributed by atoms with van der Waals surface area (Å²) in [6.07, 6.45) is 10.4. The van der Waals surface area contributed by atoms with Gasteiger partial charge in [-0.05, 0) is 49.7 Å². The Labute approximate surface area is 164 Å². The highest BCUT2D eigenvalue weighted by atomic mass is 16.5. The van der Waals surface area contributed by atoms with Crippen LogP contribution in [0.15, 0.2) is 48.5 Å². The fraction of sp³-hybridized carbons (Fsp3) is 0.458. The van der Waals surface area contributed by atoms with Crippen LogP contribution in [-0.2, 0) is 0 Å². The smallest absolute Gasteiger partial charge is 0.255 e. The van der Waals surface area contributed by atoms with E-state index in [0.29, 0.717) is 5.56 Å². The normalized spacial score (nSPS) is 10.6. The molecular formula is C24H33NO2. The summed E-state index contributed by atoms with van der Waals surface area (Å²) in [5.41, 5.74) is 2.58. The Morgan fingerprint density at radius 2 is 1.41 bits per heavy atom. The first kappa shape index (κ1) is 21.0. The van der Waals surface area contributed by atoms with Crippen molar-refractivity contribution in [3.8, 4) is 5.75 Å². The molecule has 0 fully saturated rings. The van der Waals surface area contributed by atoms with Crippen molar-refractivity contribution < 1.29 is 9.53 Å². The Hall–Kier alpha value is -2.29. The van der Waals surface area contributed by atoms with Gasteiger partial charge in [-0.25, -0.2) is 0 Å². The predicted molar refractivity (Wildman–Crippen MR) is 114 cm³/mol. The number of carbonyl (C=O) groups is 1. The zero-order valence-electron chi connectivity index (χ0n) is 16.8. The van der Waals surface area contributed by atoms with Gasteiger partial charge in [-0.1, -0.05) is 69.6 Å². The second-order valence-corrected chi connectivity index (χ2v) is 7.17. The van der Waals surface area contributed by atoms with Crippen LogP contribution in [0.5, 0.6) is 5.75 Å². The molecule has 0 saturated carbocycles. The van der Waals surface area contributed by atoms with E-state index in [-0.39, 0.29) is 5.91 Å². The van der Waals surface area contributed by atoms with Crippen molar-refractivity contribution in [1.82, 2.24) is 0 Å². The average molecular weight is 368 g/mol. The van der Waals surface area contributed by atoms with Crippen LogP contribution in [0.4, 0.5) is 5.69 Å². The summed E-state index contributed by atoms with van der Waals surface area (Å²) in [5, 5.41) is 2.92. The Bertz CT molecular complexity index is 662. The zero-order valence-corrected chi connectivity index (χ0v) is 16.8. The molecule has 0 spiro atoms. The van der Waals surface area contributed by atoms with Crippen molar-refractivity contribution in [2.75, 3.05) is 11.9 Å². The zero-order chi connectivity index (χ0) is 19.3. The van der Waals surface area contributed by atoms with Gasteiger partial charge in [-0.15, -0.1) is 0 Å². The number of ether oxygens (including phenoxy) is 1. The Morgan fingerprint density at radius 1 is 0.815 bits per heavy atom. The molecule has 3 heteroatoms. The van der Waals surface area contributed by atoms with E-state index in [1.165, 1.54) is 44.9 Å². The van der Waals surface area contributed by atoms with Crippen LogP contribution in [0.1, 0.15) is 74.2 Å². The molecule has 0 atom stereocenters. The summed E-state index contributed by atoms with van der Waals surface area (Å²) in [6, 6.07) is 15.2. The molecule has 0 radical (unpaired) electrons. The molecule has 1 amide bonds. The number of aryl methyl sites for hydroxylation is 1. The highest BCUT2D eigenvalue weighted by Gasteiger charge is 2.05. The molecule has 0 aromatic heterocycles. The maximum atomic E-state index is 12.2. The molecule has 2 rings (SSSR count). The first-order valence-electron chi connectivity index (χ1n) is 10.3. The molecule has 3 nitrogen and oxygen atoms in total. The molecule has 2 aromatic rings. The minimum absolute atomic E-state index is 0.0948.